The number of carbonyl (C=O) groups is 2. The van der Waals surface area contributed by atoms with Gasteiger partial charge in [0.25, 0.3) is 5.91 Å². The van der Waals surface area contributed by atoms with E-state index < -0.39 is 0 Å². The first-order chi connectivity index (χ1) is 16.1. The fourth-order valence-electron chi connectivity index (χ4n) is 3.64. The largest absolute Gasteiger partial charge is 0.497 e. The summed E-state index contributed by atoms with van der Waals surface area (Å²) < 4.78 is 10.5. The van der Waals surface area contributed by atoms with Gasteiger partial charge < -0.3 is 25.0 Å². The highest BCUT2D eigenvalue weighted by molar-refractivity contribution is 7.13. The molecule has 10 heteroatoms. The van der Waals surface area contributed by atoms with E-state index in [4.69, 9.17) is 9.47 Å². The van der Waals surface area contributed by atoms with Crippen LogP contribution in [0.5, 0.6) is 11.5 Å². The smallest absolute Gasteiger partial charge is 0.321 e. The molecule has 4 rings (SSSR count). The Bertz CT molecular complexity index is 1100. The van der Waals surface area contributed by atoms with Crippen molar-refractivity contribution in [3.05, 3.63) is 58.5 Å². The molecule has 3 amide bonds. The molecule has 1 aliphatic heterocycles. The normalized spacial score (nSPS) is 15.6. The molecule has 1 saturated heterocycles. The second-order valence-corrected chi connectivity index (χ2v) is 8.59. The molecule has 3 aromatic rings. The summed E-state index contributed by atoms with van der Waals surface area (Å²) in [5, 5.41) is 15.1. The lowest BCUT2D eigenvalue weighted by molar-refractivity contribution is 0.102. The second kappa shape index (κ2) is 10.3. The lowest BCUT2D eigenvalue weighted by Crippen LogP contribution is -2.41. The molecule has 1 atom stereocenters. The molecule has 172 valence electrons. The second-order valence-electron chi connectivity index (χ2n) is 7.58. The topological polar surface area (TPSA) is 106 Å². The van der Waals surface area contributed by atoms with E-state index >= 15 is 0 Å². The van der Waals surface area contributed by atoms with Crippen molar-refractivity contribution in [1.82, 2.24) is 15.1 Å². The van der Waals surface area contributed by atoms with E-state index in [1.165, 1.54) is 11.3 Å². The minimum atomic E-state index is -0.290. The first kappa shape index (κ1) is 22.5. The summed E-state index contributed by atoms with van der Waals surface area (Å²) in [7, 11) is 3.12. The molecule has 1 aliphatic rings. The van der Waals surface area contributed by atoms with Gasteiger partial charge in [0.15, 0.2) is 0 Å². The number of rotatable bonds is 6. The van der Waals surface area contributed by atoms with Gasteiger partial charge in [0.05, 0.1) is 14.2 Å². The van der Waals surface area contributed by atoms with Crippen LogP contribution in [0.3, 0.4) is 0 Å². The third-order valence-corrected chi connectivity index (χ3v) is 6.41. The van der Waals surface area contributed by atoms with Crippen LogP contribution in [0.25, 0.3) is 0 Å². The van der Waals surface area contributed by atoms with Gasteiger partial charge in [-0.15, -0.1) is 10.2 Å². The molecule has 0 aliphatic carbocycles. The maximum absolute atomic E-state index is 12.9. The summed E-state index contributed by atoms with van der Waals surface area (Å²) in [4.78, 5) is 27.1. The van der Waals surface area contributed by atoms with Crippen molar-refractivity contribution < 1.29 is 19.1 Å². The molecule has 2 aromatic carbocycles. The van der Waals surface area contributed by atoms with E-state index in [-0.39, 0.29) is 17.9 Å². The SMILES string of the molecule is COc1cc(NC(=O)N2CCCC(c3nnc(C(=O)Nc4ccccc4)s3)C2)cc(OC)c1. The zero-order valence-corrected chi connectivity index (χ0v) is 19.2. The predicted molar refractivity (Wildman–Crippen MR) is 126 cm³/mol. The van der Waals surface area contributed by atoms with Crippen LogP contribution < -0.4 is 20.1 Å². The van der Waals surface area contributed by atoms with E-state index in [1.807, 2.05) is 30.3 Å². The third kappa shape index (κ3) is 5.58. The molecule has 9 nitrogen and oxygen atoms in total. The quantitative estimate of drug-likeness (QED) is 0.562. The lowest BCUT2D eigenvalue weighted by Gasteiger charge is -2.31. The van der Waals surface area contributed by atoms with Gasteiger partial charge in [-0.2, -0.15) is 0 Å². The molecule has 2 N–H and O–H groups in total. The molecule has 33 heavy (non-hydrogen) atoms. The maximum Gasteiger partial charge on any atom is 0.321 e. The molecule has 0 bridgehead atoms. The molecular weight excluding hydrogens is 442 g/mol. The molecule has 1 fully saturated rings. The number of methoxy groups -OCH3 is 2. The molecule has 1 unspecified atom stereocenters. The van der Waals surface area contributed by atoms with Crippen molar-refractivity contribution in [2.24, 2.45) is 0 Å². The molecular formula is C23H25N5O4S. The number of carbonyl (C=O) groups excluding carboxylic acids is 2. The number of para-hydroxylation sites is 1. The molecule has 0 saturated carbocycles. The third-order valence-electron chi connectivity index (χ3n) is 5.33. The fourth-order valence-corrected chi connectivity index (χ4v) is 4.51. The zero-order valence-electron chi connectivity index (χ0n) is 18.4. The highest BCUT2D eigenvalue weighted by Crippen LogP contribution is 2.30. The van der Waals surface area contributed by atoms with Gasteiger partial charge >= 0.3 is 6.03 Å². The minimum Gasteiger partial charge on any atom is -0.497 e. The van der Waals surface area contributed by atoms with Gasteiger partial charge in [-0.3, -0.25) is 4.79 Å². The van der Waals surface area contributed by atoms with E-state index in [0.717, 1.165) is 17.8 Å². The molecule has 2 heterocycles. The first-order valence-electron chi connectivity index (χ1n) is 10.5. The number of aromatic nitrogens is 2. The van der Waals surface area contributed by atoms with Crippen molar-refractivity contribution in [2.75, 3.05) is 37.9 Å². The summed E-state index contributed by atoms with van der Waals surface area (Å²) in [5.74, 6) is 0.926. The van der Waals surface area contributed by atoms with Gasteiger partial charge in [0.1, 0.15) is 16.5 Å². The van der Waals surface area contributed by atoms with Gasteiger partial charge in [-0.05, 0) is 25.0 Å². The van der Waals surface area contributed by atoms with Crippen molar-refractivity contribution in [3.63, 3.8) is 0 Å². The minimum absolute atomic E-state index is 0.0279. The van der Waals surface area contributed by atoms with Crippen LogP contribution in [0.2, 0.25) is 0 Å². The Morgan fingerprint density at radius 2 is 1.73 bits per heavy atom. The molecule has 0 radical (unpaired) electrons. The standard InChI is InChI=1S/C23H25N5O4S/c1-31-18-11-17(12-19(13-18)32-2)25-23(30)28-10-6-7-15(14-28)21-26-27-22(33-21)20(29)24-16-8-4-3-5-9-16/h3-5,8-9,11-13,15H,6-7,10,14H2,1-2H3,(H,24,29)(H,25,30). The maximum atomic E-state index is 12.9. The van der Waals surface area contributed by atoms with Crippen LogP contribution in [0.4, 0.5) is 16.2 Å². The Labute approximate surface area is 195 Å². The van der Waals surface area contributed by atoms with Gasteiger partial charge in [0, 0.05) is 48.6 Å². The average Bonchev–Trinajstić information content (AvgIpc) is 3.35. The average molecular weight is 468 g/mol. The van der Waals surface area contributed by atoms with Crippen molar-refractivity contribution in [3.8, 4) is 11.5 Å². The number of hydrogen-bond donors (Lipinski definition) is 2. The molecule has 1 aromatic heterocycles. The van der Waals surface area contributed by atoms with Crippen molar-refractivity contribution in [1.29, 1.82) is 0 Å². The Hall–Kier alpha value is -3.66. The Kier molecular flexibility index (Phi) is 7.04. The molecule has 0 spiro atoms. The summed E-state index contributed by atoms with van der Waals surface area (Å²) in [5.41, 5.74) is 1.29. The number of nitrogens with one attached hydrogen (secondary N) is 2. The number of amides is 3. The van der Waals surface area contributed by atoms with Crippen LogP contribution in [-0.2, 0) is 0 Å². The van der Waals surface area contributed by atoms with Crippen LogP contribution >= 0.6 is 11.3 Å². The number of benzene rings is 2. The number of ether oxygens (including phenoxy) is 2. The Balaban J connectivity index is 1.39. The van der Waals surface area contributed by atoms with Crippen molar-refractivity contribution >= 4 is 34.6 Å². The van der Waals surface area contributed by atoms with Crippen LogP contribution in [0, 0.1) is 0 Å². The summed E-state index contributed by atoms with van der Waals surface area (Å²) in [6.45, 7) is 1.14. The van der Waals surface area contributed by atoms with E-state index in [1.54, 1.807) is 37.3 Å². The van der Waals surface area contributed by atoms with Crippen LogP contribution in [0.15, 0.2) is 48.5 Å². The monoisotopic (exact) mass is 467 g/mol. The van der Waals surface area contributed by atoms with Crippen LogP contribution in [-0.4, -0.2) is 54.3 Å². The zero-order chi connectivity index (χ0) is 23.2. The van der Waals surface area contributed by atoms with E-state index in [9.17, 15) is 9.59 Å². The highest BCUT2D eigenvalue weighted by Gasteiger charge is 2.28. The van der Waals surface area contributed by atoms with E-state index in [0.29, 0.717) is 41.0 Å². The fraction of sp³-hybridized carbons (Fsp3) is 0.304. The number of likely N-dealkylation sites (tertiary alicyclic amines) is 1. The predicted octanol–water partition coefficient (Wildman–Crippen LogP) is 4.22. The summed E-state index contributed by atoms with van der Waals surface area (Å²) >= 11 is 1.27. The van der Waals surface area contributed by atoms with Gasteiger partial charge in [-0.1, -0.05) is 29.5 Å². The Morgan fingerprint density at radius 1 is 1.00 bits per heavy atom. The van der Waals surface area contributed by atoms with E-state index in [2.05, 4.69) is 20.8 Å². The van der Waals surface area contributed by atoms with Gasteiger partial charge in [-0.25, -0.2) is 4.79 Å². The number of piperidine rings is 1. The number of anilines is 2. The number of urea groups is 1. The van der Waals surface area contributed by atoms with Crippen molar-refractivity contribution in [2.45, 2.75) is 18.8 Å². The highest BCUT2D eigenvalue weighted by atomic mass is 32.1. The summed E-state index contributed by atoms with van der Waals surface area (Å²) in [6, 6.07) is 14.2. The summed E-state index contributed by atoms with van der Waals surface area (Å²) in [6.07, 6.45) is 1.72. The lowest BCUT2D eigenvalue weighted by atomic mass is 9.99. The first-order valence-corrected chi connectivity index (χ1v) is 11.4. The van der Waals surface area contributed by atoms with Crippen LogP contribution in [0.1, 0.15) is 33.6 Å². The van der Waals surface area contributed by atoms with Gasteiger partial charge in [0.2, 0.25) is 5.01 Å². The Morgan fingerprint density at radius 3 is 2.42 bits per heavy atom. The number of hydrogen-bond acceptors (Lipinski definition) is 7. The number of nitrogens with zero attached hydrogens (tertiary/aromatic N) is 3.